The maximum Gasteiger partial charge on any atom is 0.272 e. The van der Waals surface area contributed by atoms with Gasteiger partial charge in [0.15, 0.2) is 5.89 Å². The molecule has 1 unspecified atom stereocenters. The van der Waals surface area contributed by atoms with Crippen molar-refractivity contribution in [3.63, 3.8) is 0 Å². The highest BCUT2D eigenvalue weighted by Crippen LogP contribution is 2.28. The van der Waals surface area contributed by atoms with E-state index in [1.807, 2.05) is 18.2 Å². The largest absolute Gasteiger partial charge is 0.445 e. The standard InChI is InChI=1S/C21H23N5O2/c1-14-10-18(25-21(22)24-14)20(27)26-9-5-8-16(13-26)19-23-12-17(28-19)11-15-6-3-2-4-7-15/h2-4,6-7,10,12,16H,5,8-9,11,13H2,1H3,(H2,22,24,25). The number of benzene rings is 1. The number of hydrogen-bond acceptors (Lipinski definition) is 6. The highest BCUT2D eigenvalue weighted by atomic mass is 16.4. The Morgan fingerprint density at radius 1 is 1.29 bits per heavy atom. The highest BCUT2D eigenvalue weighted by Gasteiger charge is 2.29. The molecule has 1 saturated heterocycles. The lowest BCUT2D eigenvalue weighted by Crippen LogP contribution is -2.39. The second-order valence-electron chi connectivity index (χ2n) is 7.17. The summed E-state index contributed by atoms with van der Waals surface area (Å²) >= 11 is 0. The second kappa shape index (κ2) is 7.80. The first kappa shape index (κ1) is 18.2. The first-order valence-corrected chi connectivity index (χ1v) is 9.47. The van der Waals surface area contributed by atoms with Crippen LogP contribution in [0.15, 0.2) is 47.0 Å². The van der Waals surface area contributed by atoms with Crippen molar-refractivity contribution < 1.29 is 9.21 Å². The number of nitrogens with zero attached hydrogens (tertiary/aromatic N) is 4. The summed E-state index contributed by atoms with van der Waals surface area (Å²) in [7, 11) is 0. The molecule has 2 aromatic heterocycles. The third-order valence-electron chi connectivity index (χ3n) is 4.94. The lowest BCUT2D eigenvalue weighted by atomic mass is 9.97. The Morgan fingerprint density at radius 2 is 2.11 bits per heavy atom. The van der Waals surface area contributed by atoms with Crippen molar-refractivity contribution in [2.45, 2.75) is 32.1 Å². The minimum atomic E-state index is -0.127. The number of nitrogens with two attached hydrogens (primary N) is 1. The molecule has 7 nitrogen and oxygen atoms in total. The van der Waals surface area contributed by atoms with Gasteiger partial charge >= 0.3 is 0 Å². The Balaban J connectivity index is 1.46. The topological polar surface area (TPSA) is 98.1 Å². The Morgan fingerprint density at radius 3 is 2.89 bits per heavy atom. The van der Waals surface area contributed by atoms with Crippen molar-refractivity contribution in [2.75, 3.05) is 18.8 Å². The third-order valence-corrected chi connectivity index (χ3v) is 4.94. The molecule has 3 heterocycles. The molecule has 2 N–H and O–H groups in total. The van der Waals surface area contributed by atoms with E-state index in [1.165, 1.54) is 5.56 Å². The van der Waals surface area contributed by atoms with Gasteiger partial charge in [0.1, 0.15) is 11.5 Å². The SMILES string of the molecule is Cc1cc(C(=O)N2CCCC(c3ncc(Cc4ccccc4)o3)C2)nc(N)n1. The maximum absolute atomic E-state index is 12.9. The molecule has 144 valence electrons. The molecular weight excluding hydrogens is 354 g/mol. The number of likely N-dealkylation sites (tertiary alicyclic amines) is 1. The first-order chi connectivity index (χ1) is 13.6. The van der Waals surface area contributed by atoms with Crippen molar-refractivity contribution in [2.24, 2.45) is 0 Å². The molecule has 1 atom stereocenters. The number of hydrogen-bond donors (Lipinski definition) is 1. The molecule has 1 fully saturated rings. The maximum atomic E-state index is 12.9. The van der Waals surface area contributed by atoms with E-state index in [2.05, 4.69) is 27.1 Å². The fourth-order valence-corrected chi connectivity index (χ4v) is 3.62. The average molecular weight is 377 g/mol. The molecule has 0 aliphatic carbocycles. The molecule has 1 aliphatic rings. The molecule has 0 saturated carbocycles. The minimum Gasteiger partial charge on any atom is -0.445 e. The van der Waals surface area contributed by atoms with Gasteiger partial charge in [0.05, 0.1) is 12.1 Å². The van der Waals surface area contributed by atoms with E-state index in [-0.39, 0.29) is 17.8 Å². The van der Waals surface area contributed by atoms with Gasteiger partial charge in [0.2, 0.25) is 5.95 Å². The van der Waals surface area contributed by atoms with Crippen LogP contribution in [0, 0.1) is 6.92 Å². The van der Waals surface area contributed by atoms with E-state index in [9.17, 15) is 4.79 Å². The van der Waals surface area contributed by atoms with Gasteiger partial charge in [0, 0.05) is 25.2 Å². The lowest BCUT2D eigenvalue weighted by Gasteiger charge is -2.31. The van der Waals surface area contributed by atoms with Crippen LogP contribution in [0.3, 0.4) is 0 Å². The number of anilines is 1. The summed E-state index contributed by atoms with van der Waals surface area (Å²) in [4.78, 5) is 27.3. The number of rotatable bonds is 4. The van der Waals surface area contributed by atoms with Gasteiger partial charge in [-0.05, 0) is 31.4 Å². The number of amides is 1. The van der Waals surface area contributed by atoms with Gasteiger partial charge in [-0.25, -0.2) is 15.0 Å². The van der Waals surface area contributed by atoms with E-state index in [0.717, 1.165) is 18.6 Å². The van der Waals surface area contributed by atoms with Crippen LogP contribution in [0.25, 0.3) is 0 Å². The Labute approximate surface area is 163 Å². The zero-order chi connectivity index (χ0) is 19.5. The van der Waals surface area contributed by atoms with Crippen LogP contribution in [0.4, 0.5) is 5.95 Å². The van der Waals surface area contributed by atoms with Crippen molar-refractivity contribution in [1.29, 1.82) is 0 Å². The Kier molecular flexibility index (Phi) is 5.06. The second-order valence-corrected chi connectivity index (χ2v) is 7.17. The van der Waals surface area contributed by atoms with Crippen molar-refractivity contribution in [3.05, 3.63) is 71.2 Å². The molecule has 1 aromatic carbocycles. The predicted molar refractivity (Wildman–Crippen MR) is 105 cm³/mol. The van der Waals surface area contributed by atoms with Crippen molar-refractivity contribution >= 4 is 11.9 Å². The quantitative estimate of drug-likeness (QED) is 0.751. The third kappa shape index (κ3) is 4.03. The fourth-order valence-electron chi connectivity index (χ4n) is 3.62. The van der Waals surface area contributed by atoms with E-state index in [0.29, 0.717) is 36.8 Å². The molecule has 28 heavy (non-hydrogen) atoms. The van der Waals surface area contributed by atoms with E-state index in [1.54, 1.807) is 24.1 Å². The van der Waals surface area contributed by atoms with E-state index < -0.39 is 0 Å². The van der Waals surface area contributed by atoms with Crippen LogP contribution in [-0.4, -0.2) is 38.8 Å². The van der Waals surface area contributed by atoms with Crippen molar-refractivity contribution in [3.8, 4) is 0 Å². The van der Waals surface area contributed by atoms with Crippen LogP contribution in [0.2, 0.25) is 0 Å². The Bertz CT molecular complexity index is 950. The van der Waals surface area contributed by atoms with Gasteiger partial charge in [-0.3, -0.25) is 4.79 Å². The summed E-state index contributed by atoms with van der Waals surface area (Å²) in [5, 5.41) is 0. The van der Waals surface area contributed by atoms with Crippen LogP contribution in [0.5, 0.6) is 0 Å². The zero-order valence-corrected chi connectivity index (χ0v) is 15.8. The van der Waals surface area contributed by atoms with Crippen LogP contribution in [-0.2, 0) is 6.42 Å². The lowest BCUT2D eigenvalue weighted by molar-refractivity contribution is 0.0692. The first-order valence-electron chi connectivity index (χ1n) is 9.47. The summed E-state index contributed by atoms with van der Waals surface area (Å²) in [6, 6.07) is 11.8. The number of nitrogen functional groups attached to an aromatic ring is 1. The van der Waals surface area contributed by atoms with Crippen LogP contribution < -0.4 is 5.73 Å². The molecule has 1 amide bonds. The summed E-state index contributed by atoms with van der Waals surface area (Å²) in [5.74, 6) is 1.61. The van der Waals surface area contributed by atoms with E-state index in [4.69, 9.17) is 10.2 Å². The smallest absolute Gasteiger partial charge is 0.272 e. The van der Waals surface area contributed by atoms with Crippen LogP contribution in [0.1, 0.15) is 52.2 Å². The molecule has 0 spiro atoms. The zero-order valence-electron chi connectivity index (χ0n) is 15.8. The van der Waals surface area contributed by atoms with Crippen LogP contribution >= 0.6 is 0 Å². The molecular formula is C21H23N5O2. The summed E-state index contributed by atoms with van der Waals surface area (Å²) < 4.78 is 6.00. The molecule has 1 aliphatic heterocycles. The molecule has 7 heteroatoms. The highest BCUT2D eigenvalue weighted by molar-refractivity contribution is 5.92. The normalized spacial score (nSPS) is 16.9. The average Bonchev–Trinajstić information content (AvgIpc) is 3.16. The minimum absolute atomic E-state index is 0.0857. The van der Waals surface area contributed by atoms with Gasteiger partial charge < -0.3 is 15.1 Å². The number of oxazole rings is 1. The van der Waals surface area contributed by atoms with E-state index >= 15 is 0 Å². The van der Waals surface area contributed by atoms with Gasteiger partial charge in [-0.15, -0.1) is 0 Å². The number of piperidine rings is 1. The number of aromatic nitrogens is 3. The Hall–Kier alpha value is -3.22. The summed E-state index contributed by atoms with van der Waals surface area (Å²) in [6.45, 7) is 3.05. The van der Waals surface area contributed by atoms with Crippen molar-refractivity contribution in [1.82, 2.24) is 19.9 Å². The fraction of sp³-hybridized carbons (Fsp3) is 0.333. The number of carbonyl (C=O) groups is 1. The van der Waals surface area contributed by atoms with Gasteiger partial charge in [-0.1, -0.05) is 30.3 Å². The predicted octanol–water partition coefficient (Wildman–Crippen LogP) is 2.97. The number of aryl methyl sites for hydroxylation is 1. The molecule has 4 rings (SSSR count). The number of carbonyl (C=O) groups excluding carboxylic acids is 1. The van der Waals surface area contributed by atoms with Gasteiger partial charge in [-0.2, -0.15) is 0 Å². The summed E-state index contributed by atoms with van der Waals surface area (Å²) in [6.07, 6.45) is 4.34. The van der Waals surface area contributed by atoms with Gasteiger partial charge in [0.25, 0.3) is 5.91 Å². The molecule has 3 aromatic rings. The summed E-state index contributed by atoms with van der Waals surface area (Å²) in [5.41, 5.74) is 7.89. The molecule has 0 radical (unpaired) electrons. The molecule has 0 bridgehead atoms. The monoisotopic (exact) mass is 377 g/mol.